The van der Waals surface area contributed by atoms with Gasteiger partial charge in [0.05, 0.1) is 6.61 Å². The van der Waals surface area contributed by atoms with Crippen molar-refractivity contribution in [2.45, 2.75) is 13.5 Å². The number of nitrogens with one attached hydrogen (secondary N) is 2. The molecular weight excluding hydrogens is 368 g/mol. The highest BCUT2D eigenvalue weighted by atomic mass is 16.5. The van der Waals surface area contributed by atoms with Crippen molar-refractivity contribution in [3.05, 3.63) is 90.0 Å². The zero-order valence-corrected chi connectivity index (χ0v) is 16.1. The average molecular weight is 390 g/mol. The minimum absolute atomic E-state index is 0.275. The molecule has 0 aliphatic heterocycles. The van der Waals surface area contributed by atoms with Crippen molar-refractivity contribution in [3.8, 4) is 5.75 Å². The lowest BCUT2D eigenvalue weighted by Crippen LogP contribution is -2.15. The summed E-state index contributed by atoms with van der Waals surface area (Å²) in [5.74, 6) is 0.433. The number of anilines is 2. The van der Waals surface area contributed by atoms with E-state index in [2.05, 4.69) is 10.6 Å². The molecule has 0 radical (unpaired) electrons. The van der Waals surface area contributed by atoms with Crippen LogP contribution in [0.15, 0.2) is 78.9 Å². The number of hydrogen-bond donors (Lipinski definition) is 2. The van der Waals surface area contributed by atoms with Crippen LogP contribution < -0.4 is 15.4 Å². The average Bonchev–Trinajstić information content (AvgIpc) is 2.74. The van der Waals surface area contributed by atoms with Crippen LogP contribution in [0.2, 0.25) is 0 Å². The Bertz CT molecular complexity index is 956. The lowest BCUT2D eigenvalue weighted by molar-refractivity contribution is 0.102. The van der Waals surface area contributed by atoms with E-state index in [0.717, 1.165) is 5.56 Å². The van der Waals surface area contributed by atoms with E-state index in [0.29, 0.717) is 29.3 Å². The second-order valence-corrected chi connectivity index (χ2v) is 6.18. The highest BCUT2D eigenvalue weighted by molar-refractivity contribution is 6.05. The third-order valence-electron chi connectivity index (χ3n) is 4.01. The summed E-state index contributed by atoms with van der Waals surface area (Å²) in [6.45, 7) is 2.48. The van der Waals surface area contributed by atoms with Gasteiger partial charge in [0, 0.05) is 16.9 Å². The van der Waals surface area contributed by atoms with Crippen LogP contribution in [0.3, 0.4) is 0 Å². The zero-order chi connectivity index (χ0) is 20.5. The van der Waals surface area contributed by atoms with Gasteiger partial charge in [0.1, 0.15) is 12.4 Å². The summed E-state index contributed by atoms with van der Waals surface area (Å²) in [6, 6.07) is 23.7. The van der Waals surface area contributed by atoms with Crippen LogP contribution in [-0.2, 0) is 11.3 Å². The van der Waals surface area contributed by atoms with E-state index in [-0.39, 0.29) is 12.5 Å². The molecule has 0 saturated heterocycles. The molecule has 3 aromatic carbocycles. The molecule has 2 amide bonds. The van der Waals surface area contributed by atoms with E-state index in [1.807, 2.05) is 30.3 Å². The first kappa shape index (κ1) is 19.9. The van der Waals surface area contributed by atoms with Crippen molar-refractivity contribution in [3.63, 3.8) is 0 Å². The monoisotopic (exact) mass is 390 g/mol. The summed E-state index contributed by atoms with van der Waals surface area (Å²) in [6.07, 6.45) is -0.559. The molecule has 148 valence electrons. The normalized spacial score (nSPS) is 10.1. The molecule has 0 aliphatic rings. The molecule has 0 aliphatic carbocycles. The Balaban J connectivity index is 1.57. The van der Waals surface area contributed by atoms with E-state index < -0.39 is 6.09 Å². The Morgan fingerprint density at radius 3 is 2.31 bits per heavy atom. The molecule has 0 unspecified atom stereocenters. The Labute approximate surface area is 169 Å². The van der Waals surface area contributed by atoms with Crippen LogP contribution in [-0.4, -0.2) is 18.6 Å². The summed E-state index contributed by atoms with van der Waals surface area (Å²) >= 11 is 0. The van der Waals surface area contributed by atoms with Gasteiger partial charge >= 0.3 is 6.09 Å². The van der Waals surface area contributed by atoms with Crippen LogP contribution in [0.4, 0.5) is 16.2 Å². The first-order valence-corrected chi connectivity index (χ1v) is 9.26. The van der Waals surface area contributed by atoms with E-state index in [9.17, 15) is 9.59 Å². The minimum Gasteiger partial charge on any atom is -0.489 e. The van der Waals surface area contributed by atoms with Gasteiger partial charge in [0.15, 0.2) is 0 Å². The summed E-state index contributed by atoms with van der Waals surface area (Å²) in [7, 11) is 0. The predicted octanol–water partition coefficient (Wildman–Crippen LogP) is 5.09. The fourth-order valence-corrected chi connectivity index (χ4v) is 2.60. The van der Waals surface area contributed by atoms with Gasteiger partial charge in [-0.2, -0.15) is 0 Å². The van der Waals surface area contributed by atoms with Gasteiger partial charge in [-0.25, -0.2) is 4.79 Å². The number of carbonyl (C=O) groups excluding carboxylic acids is 2. The van der Waals surface area contributed by atoms with E-state index in [1.54, 1.807) is 55.5 Å². The number of benzene rings is 3. The highest BCUT2D eigenvalue weighted by Crippen LogP contribution is 2.19. The van der Waals surface area contributed by atoms with Crippen LogP contribution >= 0.6 is 0 Å². The van der Waals surface area contributed by atoms with Crippen LogP contribution in [0.1, 0.15) is 22.8 Å². The van der Waals surface area contributed by atoms with Crippen molar-refractivity contribution in [2.24, 2.45) is 0 Å². The molecule has 3 aromatic rings. The summed E-state index contributed by atoms with van der Waals surface area (Å²) in [5, 5.41) is 5.41. The number of rotatable bonds is 7. The highest BCUT2D eigenvalue weighted by Gasteiger charge is 2.09. The molecule has 0 spiro atoms. The van der Waals surface area contributed by atoms with Crippen molar-refractivity contribution < 1.29 is 19.1 Å². The molecule has 6 nitrogen and oxygen atoms in total. The summed E-state index contributed by atoms with van der Waals surface area (Å²) in [4.78, 5) is 24.0. The van der Waals surface area contributed by atoms with E-state index >= 15 is 0 Å². The fraction of sp³-hybridized carbons (Fsp3) is 0.130. The van der Waals surface area contributed by atoms with Gasteiger partial charge < -0.3 is 14.8 Å². The molecule has 0 atom stereocenters. The number of amides is 2. The molecule has 0 heterocycles. The SMILES string of the molecule is CCOC(=O)Nc1cccc(C(=O)Nc2ccc(OCc3ccccc3)cc2)c1. The summed E-state index contributed by atoms with van der Waals surface area (Å²) in [5.41, 5.74) is 2.64. The molecule has 29 heavy (non-hydrogen) atoms. The second-order valence-electron chi connectivity index (χ2n) is 6.18. The van der Waals surface area contributed by atoms with Gasteiger partial charge in [0.25, 0.3) is 5.91 Å². The second kappa shape index (κ2) is 9.94. The first-order valence-electron chi connectivity index (χ1n) is 9.26. The Morgan fingerprint density at radius 2 is 1.59 bits per heavy atom. The molecule has 6 heteroatoms. The van der Waals surface area contributed by atoms with E-state index in [4.69, 9.17) is 9.47 Å². The topological polar surface area (TPSA) is 76.7 Å². The maximum atomic E-state index is 12.5. The van der Waals surface area contributed by atoms with Gasteiger partial charge in [-0.3, -0.25) is 10.1 Å². The van der Waals surface area contributed by atoms with Crippen LogP contribution in [0.25, 0.3) is 0 Å². The Hall–Kier alpha value is -3.80. The minimum atomic E-state index is -0.559. The van der Waals surface area contributed by atoms with E-state index in [1.165, 1.54) is 0 Å². The lowest BCUT2D eigenvalue weighted by atomic mass is 10.2. The standard InChI is InChI=1S/C23H22N2O4/c1-2-28-23(27)25-20-10-6-9-18(15-20)22(26)24-19-11-13-21(14-12-19)29-16-17-7-4-3-5-8-17/h3-15H,2,16H2,1H3,(H,24,26)(H,25,27). The van der Waals surface area contributed by atoms with Crippen molar-refractivity contribution >= 4 is 23.4 Å². The molecule has 0 bridgehead atoms. The first-order chi connectivity index (χ1) is 14.1. The van der Waals surface area contributed by atoms with Crippen molar-refractivity contribution in [2.75, 3.05) is 17.2 Å². The van der Waals surface area contributed by atoms with Gasteiger partial charge in [-0.1, -0.05) is 36.4 Å². The third kappa shape index (κ3) is 6.10. The molecule has 0 saturated carbocycles. The number of carbonyl (C=O) groups is 2. The number of hydrogen-bond acceptors (Lipinski definition) is 4. The van der Waals surface area contributed by atoms with Crippen molar-refractivity contribution in [1.82, 2.24) is 0 Å². The molecule has 2 N–H and O–H groups in total. The smallest absolute Gasteiger partial charge is 0.411 e. The van der Waals surface area contributed by atoms with Gasteiger partial charge in [-0.05, 0) is 55.0 Å². The largest absolute Gasteiger partial charge is 0.489 e. The zero-order valence-electron chi connectivity index (χ0n) is 16.1. The maximum Gasteiger partial charge on any atom is 0.411 e. The quantitative estimate of drug-likeness (QED) is 0.589. The molecule has 0 fully saturated rings. The van der Waals surface area contributed by atoms with Gasteiger partial charge in [0.2, 0.25) is 0 Å². The predicted molar refractivity (Wildman–Crippen MR) is 112 cm³/mol. The fourth-order valence-electron chi connectivity index (χ4n) is 2.60. The maximum absolute atomic E-state index is 12.5. The molecule has 0 aromatic heterocycles. The van der Waals surface area contributed by atoms with Crippen molar-refractivity contribution in [1.29, 1.82) is 0 Å². The van der Waals surface area contributed by atoms with Crippen LogP contribution in [0.5, 0.6) is 5.75 Å². The lowest BCUT2D eigenvalue weighted by Gasteiger charge is -2.10. The summed E-state index contributed by atoms with van der Waals surface area (Å²) < 4.78 is 10.6. The van der Waals surface area contributed by atoms with Gasteiger partial charge in [-0.15, -0.1) is 0 Å². The molecular formula is C23H22N2O4. The molecule has 3 rings (SSSR count). The number of ether oxygens (including phenoxy) is 2. The van der Waals surface area contributed by atoms with Crippen LogP contribution in [0, 0.1) is 0 Å². The Morgan fingerprint density at radius 1 is 0.828 bits per heavy atom. The third-order valence-corrected chi connectivity index (χ3v) is 4.01. The Kier molecular flexibility index (Phi) is 6.84.